The molecule has 0 radical (unpaired) electrons. The predicted molar refractivity (Wildman–Crippen MR) is 77.4 cm³/mol. The van der Waals surface area contributed by atoms with Gasteiger partial charge in [-0.05, 0) is 30.5 Å². The summed E-state index contributed by atoms with van der Waals surface area (Å²) in [4.78, 5) is 27.8. The molecule has 114 valence electrons. The van der Waals surface area contributed by atoms with Gasteiger partial charge in [-0.2, -0.15) is 0 Å². The molecule has 1 atom stereocenters. The first-order valence-corrected chi connectivity index (χ1v) is 7.28. The smallest absolute Gasteiger partial charge is 0.245 e. The van der Waals surface area contributed by atoms with E-state index in [-0.39, 0.29) is 24.3 Å². The topological polar surface area (TPSA) is 91.3 Å². The third-order valence-electron chi connectivity index (χ3n) is 3.65. The highest BCUT2D eigenvalue weighted by Crippen LogP contribution is 2.17. The summed E-state index contributed by atoms with van der Waals surface area (Å²) in [6, 6.07) is 2.77. The molecule has 0 unspecified atom stereocenters. The third kappa shape index (κ3) is 4.82. The van der Waals surface area contributed by atoms with Crippen molar-refractivity contribution in [1.29, 1.82) is 0 Å². The van der Waals surface area contributed by atoms with E-state index in [4.69, 9.17) is 0 Å². The fraction of sp³-hybridized carbons (Fsp3) is 0.533. The summed E-state index contributed by atoms with van der Waals surface area (Å²) < 4.78 is 0. The highest BCUT2D eigenvalue weighted by molar-refractivity contribution is 5.88. The Bertz CT molecular complexity index is 472. The van der Waals surface area contributed by atoms with Crippen molar-refractivity contribution < 1.29 is 14.7 Å². The molecule has 1 fully saturated rings. The van der Waals surface area contributed by atoms with Gasteiger partial charge in [-0.15, -0.1) is 0 Å². The normalized spacial score (nSPS) is 16.4. The van der Waals surface area contributed by atoms with E-state index in [1.54, 1.807) is 24.5 Å². The standard InChI is InChI=1S/C15H21N3O3/c19-10-13(15(21)17-12-3-1-2-4-12)18-14(20)9-11-5-7-16-8-6-11/h5-8,12-13,19H,1-4,9-10H2,(H,17,21)(H,18,20)/t13-/m0/s1. The monoisotopic (exact) mass is 291 g/mol. The number of carbonyl (C=O) groups is 2. The van der Waals surface area contributed by atoms with E-state index in [1.807, 2.05) is 0 Å². The van der Waals surface area contributed by atoms with Crippen LogP contribution in [-0.4, -0.2) is 40.6 Å². The molecule has 6 nitrogen and oxygen atoms in total. The van der Waals surface area contributed by atoms with Crippen LogP contribution >= 0.6 is 0 Å². The molecule has 0 bridgehead atoms. The minimum atomic E-state index is -0.889. The van der Waals surface area contributed by atoms with Crippen molar-refractivity contribution in [3.8, 4) is 0 Å². The molecule has 0 aliphatic heterocycles. The van der Waals surface area contributed by atoms with Gasteiger partial charge in [-0.25, -0.2) is 0 Å². The summed E-state index contributed by atoms with van der Waals surface area (Å²) in [6.45, 7) is -0.402. The van der Waals surface area contributed by atoms with Crippen molar-refractivity contribution in [2.45, 2.75) is 44.2 Å². The first kappa shape index (κ1) is 15.4. The molecule has 21 heavy (non-hydrogen) atoms. The van der Waals surface area contributed by atoms with Gasteiger partial charge in [0, 0.05) is 18.4 Å². The second-order valence-corrected chi connectivity index (χ2v) is 5.32. The van der Waals surface area contributed by atoms with Crippen molar-refractivity contribution in [1.82, 2.24) is 15.6 Å². The number of aromatic nitrogens is 1. The zero-order valence-electron chi connectivity index (χ0n) is 11.9. The van der Waals surface area contributed by atoms with E-state index in [2.05, 4.69) is 15.6 Å². The molecular formula is C15H21N3O3. The number of carbonyl (C=O) groups excluding carboxylic acids is 2. The molecule has 3 N–H and O–H groups in total. The van der Waals surface area contributed by atoms with Gasteiger partial charge in [-0.1, -0.05) is 12.8 Å². The summed E-state index contributed by atoms with van der Waals surface area (Å²) in [5.74, 6) is -0.602. The van der Waals surface area contributed by atoms with Crippen LogP contribution in [0.25, 0.3) is 0 Å². The van der Waals surface area contributed by atoms with Crippen LogP contribution in [-0.2, 0) is 16.0 Å². The van der Waals surface area contributed by atoms with E-state index in [0.717, 1.165) is 31.2 Å². The summed E-state index contributed by atoms with van der Waals surface area (Å²) in [5, 5.41) is 14.7. The van der Waals surface area contributed by atoms with Gasteiger partial charge in [-0.3, -0.25) is 14.6 Å². The number of nitrogens with zero attached hydrogens (tertiary/aromatic N) is 1. The lowest BCUT2D eigenvalue weighted by molar-refractivity contribution is -0.130. The van der Waals surface area contributed by atoms with Crippen LogP contribution in [0.1, 0.15) is 31.2 Å². The molecule has 0 saturated heterocycles. The number of aliphatic hydroxyl groups excluding tert-OH is 1. The molecule has 2 amide bonds. The quantitative estimate of drug-likeness (QED) is 0.696. The molecule has 1 aliphatic rings. The van der Waals surface area contributed by atoms with Crippen LogP contribution in [0.15, 0.2) is 24.5 Å². The first-order valence-electron chi connectivity index (χ1n) is 7.28. The summed E-state index contributed by atoms with van der Waals surface area (Å²) >= 11 is 0. The van der Waals surface area contributed by atoms with Crippen LogP contribution < -0.4 is 10.6 Å². The zero-order chi connectivity index (χ0) is 15.1. The first-order chi connectivity index (χ1) is 10.2. The number of hydrogen-bond donors (Lipinski definition) is 3. The molecule has 6 heteroatoms. The molecule has 2 rings (SSSR count). The second-order valence-electron chi connectivity index (χ2n) is 5.32. The number of aliphatic hydroxyl groups is 1. The van der Waals surface area contributed by atoms with Gasteiger partial charge in [0.1, 0.15) is 6.04 Å². The largest absolute Gasteiger partial charge is 0.394 e. The van der Waals surface area contributed by atoms with Crippen molar-refractivity contribution >= 4 is 11.8 Å². The Balaban J connectivity index is 1.83. The lowest BCUT2D eigenvalue weighted by atomic mass is 10.1. The van der Waals surface area contributed by atoms with Gasteiger partial charge in [0.05, 0.1) is 13.0 Å². The van der Waals surface area contributed by atoms with Gasteiger partial charge in [0.25, 0.3) is 0 Å². The Morgan fingerprint density at radius 1 is 1.29 bits per heavy atom. The van der Waals surface area contributed by atoms with Crippen molar-refractivity contribution in [3.05, 3.63) is 30.1 Å². The SMILES string of the molecule is O=C(Cc1ccncc1)N[C@@H](CO)C(=O)NC1CCCC1. The molecule has 0 spiro atoms. The maximum atomic E-state index is 12.0. The van der Waals surface area contributed by atoms with Crippen molar-refractivity contribution in [2.24, 2.45) is 0 Å². The Labute approximate surface area is 124 Å². The summed E-state index contributed by atoms with van der Waals surface area (Å²) in [5.41, 5.74) is 0.815. The zero-order valence-corrected chi connectivity index (χ0v) is 11.9. The average Bonchev–Trinajstić information content (AvgIpc) is 2.98. The molecule has 1 aromatic rings. The Morgan fingerprint density at radius 3 is 2.57 bits per heavy atom. The molecule has 1 aliphatic carbocycles. The van der Waals surface area contributed by atoms with E-state index in [1.165, 1.54) is 0 Å². The lowest BCUT2D eigenvalue weighted by Gasteiger charge is -2.19. The maximum Gasteiger partial charge on any atom is 0.245 e. The van der Waals surface area contributed by atoms with E-state index < -0.39 is 12.6 Å². The van der Waals surface area contributed by atoms with Crippen LogP contribution in [0.5, 0.6) is 0 Å². The molecule has 1 saturated carbocycles. The number of rotatable bonds is 6. The van der Waals surface area contributed by atoms with Crippen molar-refractivity contribution in [3.63, 3.8) is 0 Å². The number of nitrogens with one attached hydrogen (secondary N) is 2. The Kier molecular flexibility index (Phi) is 5.68. The minimum absolute atomic E-state index is 0.162. The number of hydrogen-bond acceptors (Lipinski definition) is 4. The maximum absolute atomic E-state index is 12.0. The van der Waals surface area contributed by atoms with E-state index in [0.29, 0.717) is 0 Å². The minimum Gasteiger partial charge on any atom is -0.394 e. The Hall–Kier alpha value is -1.95. The molecule has 1 heterocycles. The van der Waals surface area contributed by atoms with Crippen LogP contribution in [0, 0.1) is 0 Å². The van der Waals surface area contributed by atoms with E-state index >= 15 is 0 Å². The lowest BCUT2D eigenvalue weighted by Crippen LogP contribution is -2.51. The van der Waals surface area contributed by atoms with Gasteiger partial charge in [0.2, 0.25) is 11.8 Å². The van der Waals surface area contributed by atoms with Crippen LogP contribution in [0.3, 0.4) is 0 Å². The van der Waals surface area contributed by atoms with Crippen LogP contribution in [0.2, 0.25) is 0 Å². The van der Waals surface area contributed by atoms with Crippen molar-refractivity contribution in [2.75, 3.05) is 6.61 Å². The number of pyridine rings is 1. The summed E-state index contributed by atoms with van der Waals surface area (Å²) in [6.07, 6.45) is 7.55. The van der Waals surface area contributed by atoms with E-state index in [9.17, 15) is 14.7 Å². The fourth-order valence-electron chi connectivity index (χ4n) is 2.50. The third-order valence-corrected chi connectivity index (χ3v) is 3.65. The number of amides is 2. The van der Waals surface area contributed by atoms with Gasteiger partial charge < -0.3 is 15.7 Å². The van der Waals surface area contributed by atoms with Gasteiger partial charge >= 0.3 is 0 Å². The summed E-state index contributed by atoms with van der Waals surface area (Å²) in [7, 11) is 0. The second kappa shape index (κ2) is 7.73. The molecular weight excluding hydrogens is 270 g/mol. The highest BCUT2D eigenvalue weighted by atomic mass is 16.3. The molecule has 1 aromatic heterocycles. The predicted octanol–water partition coefficient (Wildman–Crippen LogP) is 0.160. The molecule has 0 aromatic carbocycles. The van der Waals surface area contributed by atoms with Crippen LogP contribution in [0.4, 0.5) is 0 Å². The average molecular weight is 291 g/mol. The highest BCUT2D eigenvalue weighted by Gasteiger charge is 2.24. The Morgan fingerprint density at radius 2 is 1.95 bits per heavy atom. The fourth-order valence-corrected chi connectivity index (χ4v) is 2.50. The van der Waals surface area contributed by atoms with Gasteiger partial charge in [0.15, 0.2) is 0 Å².